The maximum atomic E-state index is 15.3. The highest BCUT2D eigenvalue weighted by Gasteiger charge is 2.20. The topological polar surface area (TPSA) is 45.3 Å². The second-order valence-electron chi connectivity index (χ2n) is 8.13. The predicted molar refractivity (Wildman–Crippen MR) is 128 cm³/mol. The number of methoxy groups -OCH3 is 1. The number of aryl methyl sites for hydroxylation is 1. The Morgan fingerprint density at radius 3 is 2.71 bits per heavy atom. The minimum atomic E-state index is -0.226. The number of fused-ring (bicyclic) bond motifs is 3. The van der Waals surface area contributed by atoms with Gasteiger partial charge in [0.15, 0.2) is 0 Å². The van der Waals surface area contributed by atoms with Gasteiger partial charge in [0.2, 0.25) is 0 Å². The van der Waals surface area contributed by atoms with Crippen LogP contribution >= 0.6 is 11.3 Å². The van der Waals surface area contributed by atoms with E-state index in [1.807, 2.05) is 50.5 Å². The molecule has 4 aromatic rings. The lowest BCUT2D eigenvalue weighted by atomic mass is 9.92. The zero-order valence-electron chi connectivity index (χ0n) is 18.5. The summed E-state index contributed by atoms with van der Waals surface area (Å²) in [6, 6.07) is 9.27. The number of benzene rings is 2. The summed E-state index contributed by atoms with van der Waals surface area (Å²) in [5.74, 6) is 0.516. The highest BCUT2D eigenvalue weighted by Crippen LogP contribution is 2.42. The molecular weight excluding hydrogens is 411 g/mol. The van der Waals surface area contributed by atoms with Gasteiger partial charge in [-0.2, -0.15) is 0 Å². The number of rotatable bonds is 6. The fourth-order valence-corrected chi connectivity index (χ4v) is 5.09. The number of nitrogens with one attached hydrogen (secondary N) is 1. The molecule has 2 heterocycles. The Kier molecular flexibility index (Phi) is 5.86. The lowest BCUT2D eigenvalue weighted by Gasteiger charge is -2.21. The minimum Gasteiger partial charge on any atom is -0.496 e. The molecule has 0 aliphatic carbocycles. The number of aromatic amines is 1. The summed E-state index contributed by atoms with van der Waals surface area (Å²) in [6.07, 6.45) is 0. The number of hydrogen-bond donors (Lipinski definition) is 1. The summed E-state index contributed by atoms with van der Waals surface area (Å²) in [4.78, 5) is 17.8. The van der Waals surface area contributed by atoms with Crippen molar-refractivity contribution < 1.29 is 9.13 Å². The van der Waals surface area contributed by atoms with Gasteiger partial charge in [-0.3, -0.25) is 4.79 Å². The largest absolute Gasteiger partial charge is 0.496 e. The van der Waals surface area contributed by atoms with Gasteiger partial charge < -0.3 is 14.6 Å². The van der Waals surface area contributed by atoms with Crippen molar-refractivity contribution in [3.05, 3.63) is 63.0 Å². The Bertz CT molecular complexity index is 1320. The van der Waals surface area contributed by atoms with E-state index in [1.54, 1.807) is 13.2 Å². The van der Waals surface area contributed by atoms with Crippen LogP contribution in [0.25, 0.3) is 32.1 Å². The number of nitrogens with zero attached hydrogens (tertiary/aromatic N) is 1. The fraction of sp³-hybridized carbons (Fsp3) is 0.320. The van der Waals surface area contributed by atoms with Crippen molar-refractivity contribution in [1.29, 1.82) is 0 Å². The summed E-state index contributed by atoms with van der Waals surface area (Å²) in [5.41, 5.74) is 3.80. The van der Waals surface area contributed by atoms with Crippen molar-refractivity contribution in [2.45, 2.75) is 26.7 Å². The molecule has 1 atom stereocenters. The van der Waals surface area contributed by atoms with Crippen LogP contribution in [0.4, 0.5) is 4.39 Å². The van der Waals surface area contributed by atoms with Crippen molar-refractivity contribution in [1.82, 2.24) is 9.88 Å². The highest BCUT2D eigenvalue weighted by atomic mass is 32.1. The molecule has 2 aromatic carbocycles. The summed E-state index contributed by atoms with van der Waals surface area (Å²) in [5, 5.41) is 3.66. The first-order valence-corrected chi connectivity index (χ1v) is 11.3. The quantitative estimate of drug-likeness (QED) is 0.406. The molecule has 0 saturated heterocycles. The molecule has 1 N–H and O–H groups in total. The lowest BCUT2D eigenvalue weighted by molar-refractivity contribution is 0.330. The Morgan fingerprint density at radius 2 is 2.03 bits per heavy atom. The van der Waals surface area contributed by atoms with Crippen LogP contribution in [0.15, 0.2) is 40.5 Å². The first kappa shape index (κ1) is 21.5. The van der Waals surface area contributed by atoms with Crippen LogP contribution in [0.3, 0.4) is 0 Å². The normalized spacial score (nSPS) is 12.7. The van der Waals surface area contributed by atoms with E-state index in [-0.39, 0.29) is 17.3 Å². The van der Waals surface area contributed by atoms with Gasteiger partial charge in [0.25, 0.3) is 5.56 Å². The maximum Gasteiger partial charge on any atom is 0.266 e. The van der Waals surface area contributed by atoms with Gasteiger partial charge in [-0.15, -0.1) is 11.3 Å². The molecule has 0 amide bonds. The van der Waals surface area contributed by atoms with Crippen LogP contribution in [-0.4, -0.2) is 37.1 Å². The van der Waals surface area contributed by atoms with Crippen molar-refractivity contribution in [3.63, 3.8) is 0 Å². The average molecular weight is 439 g/mol. The average Bonchev–Trinajstić information content (AvgIpc) is 3.24. The van der Waals surface area contributed by atoms with E-state index in [2.05, 4.69) is 16.8 Å². The van der Waals surface area contributed by atoms with Gasteiger partial charge >= 0.3 is 0 Å². The number of pyridine rings is 1. The summed E-state index contributed by atoms with van der Waals surface area (Å²) < 4.78 is 21.6. The number of halogens is 1. The number of H-pyrrole nitrogens is 1. The molecule has 2 aromatic heterocycles. The Hall–Kier alpha value is -2.70. The third-order valence-corrected chi connectivity index (χ3v) is 6.95. The van der Waals surface area contributed by atoms with E-state index < -0.39 is 0 Å². The molecule has 0 spiro atoms. The van der Waals surface area contributed by atoms with E-state index in [0.29, 0.717) is 16.0 Å². The molecular formula is C25H27FN2O2S. The lowest BCUT2D eigenvalue weighted by Crippen LogP contribution is -2.23. The maximum absolute atomic E-state index is 15.3. The molecule has 0 aliphatic heterocycles. The molecule has 6 heteroatoms. The van der Waals surface area contributed by atoms with Crippen LogP contribution in [-0.2, 0) is 0 Å². The highest BCUT2D eigenvalue weighted by molar-refractivity contribution is 7.17. The molecule has 0 unspecified atom stereocenters. The van der Waals surface area contributed by atoms with E-state index in [1.165, 1.54) is 11.3 Å². The van der Waals surface area contributed by atoms with Crippen LogP contribution in [0, 0.1) is 12.7 Å². The zero-order chi connectivity index (χ0) is 22.3. The van der Waals surface area contributed by atoms with Crippen LogP contribution in [0.1, 0.15) is 30.9 Å². The van der Waals surface area contributed by atoms with Crippen LogP contribution in [0.5, 0.6) is 5.75 Å². The minimum absolute atomic E-state index is 0.0793. The van der Waals surface area contributed by atoms with Gasteiger partial charge in [0, 0.05) is 22.9 Å². The zero-order valence-corrected chi connectivity index (χ0v) is 19.3. The SMILES string of the molecule is CCN(C)C[C@@H](C)c1ccc(-c2c(OC)cc(C)c3[nH]c(=O)c4sccc4c23)cc1F. The fourth-order valence-electron chi connectivity index (χ4n) is 4.29. The van der Waals surface area contributed by atoms with Gasteiger partial charge in [-0.05, 0) is 66.7 Å². The number of ether oxygens (including phenoxy) is 1. The van der Waals surface area contributed by atoms with Crippen molar-refractivity contribution in [2.24, 2.45) is 0 Å². The third-order valence-electron chi connectivity index (χ3n) is 6.03. The Labute approximate surface area is 185 Å². The van der Waals surface area contributed by atoms with E-state index in [9.17, 15) is 4.79 Å². The molecule has 0 saturated carbocycles. The number of thiophene rings is 1. The van der Waals surface area contributed by atoms with Gasteiger partial charge in [-0.25, -0.2) is 4.39 Å². The summed E-state index contributed by atoms with van der Waals surface area (Å²) >= 11 is 1.41. The second kappa shape index (κ2) is 8.44. The molecule has 4 rings (SSSR count). The molecule has 31 heavy (non-hydrogen) atoms. The standard InChI is InChI=1S/C25H27FN2O2S/c1-6-28(4)13-15(3)17-8-7-16(12-19(17)26)21-20(30-5)11-14(2)23-22(21)18-9-10-31-24(18)25(29)27-23/h7-12,15H,6,13H2,1-5H3,(H,27,29)/t15-/m1/s1. The number of likely N-dealkylation sites (N-methyl/N-ethyl adjacent to an activating group) is 1. The van der Waals surface area contributed by atoms with Crippen molar-refractivity contribution in [3.8, 4) is 16.9 Å². The molecule has 0 fully saturated rings. The molecule has 0 bridgehead atoms. The monoisotopic (exact) mass is 438 g/mol. The van der Waals surface area contributed by atoms with Crippen molar-refractivity contribution in [2.75, 3.05) is 27.2 Å². The third kappa shape index (κ3) is 3.75. The molecule has 0 aliphatic rings. The van der Waals surface area contributed by atoms with Crippen LogP contribution in [0.2, 0.25) is 0 Å². The van der Waals surface area contributed by atoms with Crippen LogP contribution < -0.4 is 10.3 Å². The molecule has 4 nitrogen and oxygen atoms in total. The Morgan fingerprint density at radius 1 is 1.26 bits per heavy atom. The second-order valence-corrected chi connectivity index (χ2v) is 9.05. The number of aromatic nitrogens is 1. The Balaban J connectivity index is 1.96. The van der Waals surface area contributed by atoms with Gasteiger partial charge in [0.1, 0.15) is 16.3 Å². The first-order valence-electron chi connectivity index (χ1n) is 10.4. The van der Waals surface area contributed by atoms with E-state index in [4.69, 9.17) is 4.74 Å². The van der Waals surface area contributed by atoms with Crippen molar-refractivity contribution >= 4 is 32.3 Å². The van der Waals surface area contributed by atoms with Gasteiger partial charge in [0.05, 0.1) is 12.6 Å². The van der Waals surface area contributed by atoms with E-state index >= 15 is 4.39 Å². The first-order chi connectivity index (χ1) is 14.8. The molecule has 162 valence electrons. The smallest absolute Gasteiger partial charge is 0.266 e. The summed E-state index contributed by atoms with van der Waals surface area (Å²) in [6.45, 7) is 7.80. The van der Waals surface area contributed by atoms with Gasteiger partial charge in [-0.1, -0.05) is 26.0 Å². The number of hydrogen-bond acceptors (Lipinski definition) is 4. The van der Waals surface area contributed by atoms with E-state index in [0.717, 1.165) is 46.1 Å². The predicted octanol–water partition coefficient (Wildman–Crippen LogP) is 5.92. The molecule has 0 radical (unpaired) electrons. The summed E-state index contributed by atoms with van der Waals surface area (Å²) in [7, 11) is 3.66.